The van der Waals surface area contributed by atoms with Gasteiger partial charge in [-0.2, -0.15) is 5.26 Å². The molecule has 1 aliphatic heterocycles. The molecule has 1 fully saturated rings. The number of nitriles is 1. The van der Waals surface area contributed by atoms with Gasteiger partial charge in [-0.25, -0.2) is 0 Å². The Morgan fingerprint density at radius 1 is 1.32 bits per heavy atom. The van der Waals surface area contributed by atoms with Gasteiger partial charge in [0.2, 0.25) is 0 Å². The highest BCUT2D eigenvalue weighted by atomic mass is 15.2. The van der Waals surface area contributed by atoms with Crippen LogP contribution in [-0.2, 0) is 0 Å². The number of allylic oxidation sites excluding steroid dienone is 2. The van der Waals surface area contributed by atoms with Crippen LogP contribution in [0.25, 0.3) is 0 Å². The molecular weight excluding hydrogens is 232 g/mol. The van der Waals surface area contributed by atoms with Crippen LogP contribution in [0.1, 0.15) is 11.6 Å². The van der Waals surface area contributed by atoms with Crippen LogP contribution in [0.4, 0.5) is 0 Å². The van der Waals surface area contributed by atoms with Crippen molar-refractivity contribution in [1.29, 1.82) is 5.26 Å². The van der Waals surface area contributed by atoms with E-state index in [-0.39, 0.29) is 12.0 Å². The number of hydrogen-bond donors (Lipinski definition) is 0. The third-order valence-corrected chi connectivity index (χ3v) is 3.43. The second kappa shape index (κ2) is 6.17. The van der Waals surface area contributed by atoms with Gasteiger partial charge in [-0.3, -0.25) is 4.90 Å². The van der Waals surface area contributed by atoms with Gasteiger partial charge in [-0.15, -0.1) is 0 Å². The molecule has 1 aromatic carbocycles. The number of hydrogen-bond acceptors (Lipinski definition) is 2. The van der Waals surface area contributed by atoms with Crippen LogP contribution in [0.3, 0.4) is 0 Å². The van der Waals surface area contributed by atoms with E-state index in [0.29, 0.717) is 0 Å². The molecule has 0 bridgehead atoms. The Balaban J connectivity index is 2.29. The van der Waals surface area contributed by atoms with Gasteiger partial charge in [0.15, 0.2) is 0 Å². The predicted molar refractivity (Wildman–Crippen MR) is 78.3 cm³/mol. The molecule has 2 nitrogen and oxygen atoms in total. The van der Waals surface area contributed by atoms with E-state index in [9.17, 15) is 0 Å². The zero-order valence-electron chi connectivity index (χ0n) is 11.0. The molecule has 1 unspecified atom stereocenters. The van der Waals surface area contributed by atoms with Crippen molar-refractivity contribution in [2.45, 2.75) is 6.04 Å². The van der Waals surface area contributed by atoms with Crippen molar-refractivity contribution >= 4 is 0 Å². The third-order valence-electron chi connectivity index (χ3n) is 3.43. The molecule has 1 atom stereocenters. The van der Waals surface area contributed by atoms with E-state index in [0.717, 1.165) is 18.7 Å². The van der Waals surface area contributed by atoms with E-state index in [4.69, 9.17) is 5.26 Å². The van der Waals surface area contributed by atoms with Crippen LogP contribution < -0.4 is 0 Å². The highest BCUT2D eigenvalue weighted by Gasteiger charge is 2.34. The summed E-state index contributed by atoms with van der Waals surface area (Å²) in [5, 5.41) is 8.93. The van der Waals surface area contributed by atoms with Crippen LogP contribution in [-0.4, -0.2) is 18.0 Å². The first kappa shape index (κ1) is 13.3. The summed E-state index contributed by atoms with van der Waals surface area (Å²) >= 11 is 0. The largest absolute Gasteiger partial charge is 0.290 e. The van der Waals surface area contributed by atoms with Crippen LogP contribution in [0.2, 0.25) is 0 Å². The highest BCUT2D eigenvalue weighted by Crippen LogP contribution is 2.34. The lowest BCUT2D eigenvalue weighted by Gasteiger charge is -2.42. The molecule has 96 valence electrons. The van der Waals surface area contributed by atoms with Gasteiger partial charge in [-0.1, -0.05) is 61.7 Å². The average molecular weight is 250 g/mol. The normalized spacial score (nSPS) is 18.2. The topological polar surface area (TPSA) is 27.0 Å². The SMILES string of the molecule is C=C/C=C(\C=C)C(c1ccccc1)N1CC(C#N)C1. The highest BCUT2D eigenvalue weighted by molar-refractivity contribution is 5.36. The summed E-state index contributed by atoms with van der Waals surface area (Å²) in [5.41, 5.74) is 2.35. The minimum Gasteiger partial charge on any atom is -0.290 e. The average Bonchev–Trinajstić information content (AvgIpc) is 2.41. The van der Waals surface area contributed by atoms with Crippen LogP contribution in [0.15, 0.2) is 67.3 Å². The van der Waals surface area contributed by atoms with Gasteiger partial charge in [0, 0.05) is 13.1 Å². The summed E-state index contributed by atoms with van der Waals surface area (Å²) in [6, 6.07) is 12.8. The molecule has 1 heterocycles. The predicted octanol–water partition coefficient (Wildman–Crippen LogP) is 3.48. The Kier molecular flexibility index (Phi) is 4.33. The first-order chi connectivity index (χ1) is 9.30. The molecule has 1 aliphatic rings. The Hall–Kier alpha value is -2.11. The number of rotatable bonds is 5. The molecule has 2 rings (SSSR count). The summed E-state index contributed by atoms with van der Waals surface area (Å²) in [6.45, 7) is 9.30. The van der Waals surface area contributed by atoms with Crippen LogP contribution in [0, 0.1) is 17.2 Å². The van der Waals surface area contributed by atoms with Crippen LogP contribution in [0.5, 0.6) is 0 Å². The first-order valence-corrected chi connectivity index (χ1v) is 6.43. The molecule has 1 aromatic rings. The molecule has 0 spiro atoms. The summed E-state index contributed by atoms with van der Waals surface area (Å²) in [5.74, 6) is 0.154. The monoisotopic (exact) mass is 250 g/mol. The standard InChI is InChI=1S/C17H18N2/c1-3-8-15(4-2)17(16-9-6-5-7-10-16)19-12-14(11-18)13-19/h3-10,14,17H,1-2,12-13H2/b15-8+. The summed E-state index contributed by atoms with van der Waals surface area (Å²) in [6.07, 6.45) is 5.65. The Bertz CT molecular complexity index is 516. The van der Waals surface area contributed by atoms with Gasteiger partial charge in [0.05, 0.1) is 18.0 Å². The third kappa shape index (κ3) is 2.83. The number of likely N-dealkylation sites (tertiary alicyclic amines) is 1. The Morgan fingerprint density at radius 3 is 2.53 bits per heavy atom. The van der Waals surface area contributed by atoms with Crippen molar-refractivity contribution in [2.75, 3.05) is 13.1 Å². The van der Waals surface area contributed by atoms with Gasteiger partial charge < -0.3 is 0 Å². The van der Waals surface area contributed by atoms with Crippen molar-refractivity contribution in [3.8, 4) is 6.07 Å². The van der Waals surface area contributed by atoms with Gasteiger partial charge in [0.1, 0.15) is 0 Å². The molecular formula is C17H18N2. The van der Waals surface area contributed by atoms with Crippen molar-refractivity contribution in [2.24, 2.45) is 5.92 Å². The van der Waals surface area contributed by atoms with Crippen LogP contribution >= 0.6 is 0 Å². The maximum absolute atomic E-state index is 8.93. The smallest absolute Gasteiger partial charge is 0.0718 e. The molecule has 0 saturated carbocycles. The fraction of sp³-hybridized carbons (Fsp3) is 0.235. The van der Waals surface area contributed by atoms with Crippen molar-refractivity contribution in [3.05, 3.63) is 72.9 Å². The number of nitrogens with zero attached hydrogens (tertiary/aromatic N) is 2. The number of benzene rings is 1. The van der Waals surface area contributed by atoms with E-state index in [1.165, 1.54) is 5.56 Å². The van der Waals surface area contributed by atoms with E-state index in [1.54, 1.807) is 6.08 Å². The van der Waals surface area contributed by atoms with E-state index < -0.39 is 0 Å². The fourth-order valence-electron chi connectivity index (χ4n) is 2.46. The first-order valence-electron chi connectivity index (χ1n) is 6.43. The van der Waals surface area contributed by atoms with Crippen molar-refractivity contribution < 1.29 is 0 Å². The molecule has 0 aromatic heterocycles. The second-order valence-electron chi connectivity index (χ2n) is 4.70. The molecule has 0 N–H and O–H groups in total. The van der Waals surface area contributed by atoms with E-state index in [2.05, 4.69) is 36.3 Å². The maximum Gasteiger partial charge on any atom is 0.0718 e. The quantitative estimate of drug-likeness (QED) is 0.748. The zero-order valence-corrected chi connectivity index (χ0v) is 11.0. The minimum absolute atomic E-state index is 0.154. The summed E-state index contributed by atoms with van der Waals surface area (Å²) in [4.78, 5) is 2.31. The van der Waals surface area contributed by atoms with Crippen molar-refractivity contribution in [3.63, 3.8) is 0 Å². The molecule has 2 heteroatoms. The second-order valence-corrected chi connectivity index (χ2v) is 4.70. The van der Waals surface area contributed by atoms with Crippen molar-refractivity contribution in [1.82, 2.24) is 4.90 Å². The Morgan fingerprint density at radius 2 is 2.00 bits per heavy atom. The summed E-state index contributed by atoms with van der Waals surface area (Å²) < 4.78 is 0. The molecule has 0 aliphatic carbocycles. The maximum atomic E-state index is 8.93. The lowest BCUT2D eigenvalue weighted by atomic mass is 9.90. The van der Waals surface area contributed by atoms with Gasteiger partial charge >= 0.3 is 0 Å². The Labute approximate surface area is 115 Å². The zero-order chi connectivity index (χ0) is 13.7. The molecule has 1 saturated heterocycles. The molecule has 19 heavy (non-hydrogen) atoms. The van der Waals surface area contributed by atoms with E-state index >= 15 is 0 Å². The van der Waals surface area contributed by atoms with E-state index in [1.807, 2.05) is 30.4 Å². The molecule has 0 amide bonds. The lowest BCUT2D eigenvalue weighted by Crippen LogP contribution is -2.48. The van der Waals surface area contributed by atoms with Gasteiger partial charge in [-0.05, 0) is 11.1 Å². The molecule has 0 radical (unpaired) electrons. The van der Waals surface area contributed by atoms with Gasteiger partial charge in [0.25, 0.3) is 0 Å². The minimum atomic E-state index is 0.154. The fourth-order valence-corrected chi connectivity index (χ4v) is 2.46. The summed E-state index contributed by atoms with van der Waals surface area (Å²) in [7, 11) is 0. The lowest BCUT2D eigenvalue weighted by molar-refractivity contribution is 0.0989.